The summed E-state index contributed by atoms with van der Waals surface area (Å²) in [7, 11) is 0. The summed E-state index contributed by atoms with van der Waals surface area (Å²) in [6, 6.07) is 16.0. The molecule has 3 heterocycles. The van der Waals surface area contributed by atoms with Gasteiger partial charge in [-0.3, -0.25) is 4.79 Å². The van der Waals surface area contributed by atoms with E-state index in [2.05, 4.69) is 119 Å². The lowest BCUT2D eigenvalue weighted by Gasteiger charge is -2.43. The first kappa shape index (κ1) is 34.0. The fourth-order valence-corrected chi connectivity index (χ4v) is 7.56. The number of hydrogen-bond donors (Lipinski definition) is 3. The number of rotatable bonds is 5. The monoisotopic (exact) mass is 654 g/mol. The number of benzene rings is 3. The van der Waals surface area contributed by atoms with Gasteiger partial charge in [-0.05, 0) is 82.5 Å². The van der Waals surface area contributed by atoms with E-state index in [9.17, 15) is 14.7 Å². The molecule has 0 fully saturated rings. The first-order valence-corrected chi connectivity index (χ1v) is 16.4. The molecule has 3 aromatic carbocycles. The summed E-state index contributed by atoms with van der Waals surface area (Å²) in [5, 5.41) is 12.3. The molecule has 0 saturated carbocycles. The molecule has 3 aromatic rings. The number of allylic oxidation sites excluding steroid dienone is 2. The maximum atomic E-state index is 12.5. The smallest absolute Gasteiger partial charge is 0.336 e. The second kappa shape index (κ2) is 12.7. The Morgan fingerprint density at radius 1 is 0.936 bits per heavy atom. The van der Waals surface area contributed by atoms with Gasteiger partial charge in [0, 0.05) is 66.6 Å². The number of likely N-dealkylation sites (N-methyl/N-ethyl adjacent to an activating group) is 2. The molecular formula is C38H44N3O5S+. The Labute approximate surface area is 282 Å². The summed E-state index contributed by atoms with van der Waals surface area (Å²) in [6.07, 6.45) is 4.64. The van der Waals surface area contributed by atoms with Crippen molar-refractivity contribution in [3.8, 4) is 11.5 Å². The van der Waals surface area contributed by atoms with Gasteiger partial charge in [-0.1, -0.05) is 42.0 Å². The average molecular weight is 655 g/mol. The second-order valence-electron chi connectivity index (χ2n) is 13.2. The highest BCUT2D eigenvalue weighted by Gasteiger charge is 2.36. The Balaban J connectivity index is 0.000000662. The molecule has 0 amide bonds. The van der Waals surface area contributed by atoms with Crippen molar-refractivity contribution in [1.29, 1.82) is 0 Å². The molecule has 0 spiro atoms. The van der Waals surface area contributed by atoms with Crippen LogP contribution in [0.25, 0.3) is 16.7 Å². The molecule has 0 aromatic heterocycles. The zero-order valence-corrected chi connectivity index (χ0v) is 29.5. The zero-order chi connectivity index (χ0) is 34.4. The van der Waals surface area contributed by atoms with Crippen LogP contribution in [0.15, 0.2) is 60.7 Å². The normalized spacial score (nSPS) is 16.6. The van der Waals surface area contributed by atoms with E-state index in [1.807, 2.05) is 17.0 Å². The highest BCUT2D eigenvalue weighted by Crippen LogP contribution is 2.46. The first-order valence-electron chi connectivity index (χ1n) is 15.9. The number of carbonyl (C=O) groups excluding carboxylic acids is 1. The van der Waals surface area contributed by atoms with Crippen molar-refractivity contribution in [2.24, 2.45) is 0 Å². The van der Waals surface area contributed by atoms with E-state index in [-0.39, 0.29) is 16.6 Å². The van der Waals surface area contributed by atoms with Crippen LogP contribution in [0.3, 0.4) is 0 Å². The van der Waals surface area contributed by atoms with E-state index in [4.69, 9.17) is 4.74 Å². The molecule has 246 valence electrons. The topological polar surface area (TPSA) is 91.1 Å². The molecule has 3 aliphatic rings. The Kier molecular flexibility index (Phi) is 9.18. The van der Waals surface area contributed by atoms with Gasteiger partial charge in [0.15, 0.2) is 5.54 Å². The zero-order valence-electron chi connectivity index (χ0n) is 28.6. The van der Waals surface area contributed by atoms with Crippen LogP contribution in [-0.2, 0) is 9.63 Å². The second-order valence-corrected chi connectivity index (χ2v) is 13.4. The highest BCUT2D eigenvalue weighted by molar-refractivity contribution is 7.77. The van der Waals surface area contributed by atoms with E-state index in [1.165, 1.54) is 18.1 Å². The number of nitrogens with zero attached hydrogens (tertiary/aromatic N) is 2. The first-order chi connectivity index (χ1) is 22.1. The van der Waals surface area contributed by atoms with Crippen LogP contribution in [0.4, 0.5) is 5.69 Å². The minimum Gasteiger partial charge on any atom is -0.478 e. The standard InChI is InChI=1S/C36H38N2O3.C2H5NO2S/c1-9-37-29-17-31-27(15-25(29)21(3)19-35(37,5)6)33(23-13-11-12-14-24(23)34(39)40)28-16-26-22(4)20-36(7,8)38(10-2)30(26)18-32(28)41-31;1-2(4)5-3-6/h11-20H,9-10H2,1-8H3;3,6H,1H3/p+1. The third-order valence-electron chi connectivity index (χ3n) is 9.17. The maximum absolute atomic E-state index is 12.5. The summed E-state index contributed by atoms with van der Waals surface area (Å²) in [5.41, 5.74) is 8.37. The van der Waals surface area contributed by atoms with Crippen molar-refractivity contribution >= 4 is 47.2 Å². The lowest BCUT2D eigenvalue weighted by Crippen LogP contribution is -2.49. The van der Waals surface area contributed by atoms with Gasteiger partial charge >= 0.3 is 11.9 Å². The van der Waals surface area contributed by atoms with Crippen LogP contribution in [-0.4, -0.2) is 41.2 Å². The van der Waals surface area contributed by atoms with Crippen LogP contribution < -0.4 is 29.7 Å². The van der Waals surface area contributed by atoms with E-state index >= 15 is 0 Å². The van der Waals surface area contributed by atoms with E-state index < -0.39 is 11.9 Å². The number of fused-ring (bicyclic) bond motifs is 4. The predicted molar refractivity (Wildman–Crippen MR) is 191 cm³/mol. The van der Waals surface area contributed by atoms with Crippen molar-refractivity contribution in [2.75, 3.05) is 18.0 Å². The van der Waals surface area contributed by atoms with Gasteiger partial charge in [0.1, 0.15) is 18.0 Å². The number of carboxylic acids is 1. The summed E-state index contributed by atoms with van der Waals surface area (Å²) in [4.78, 5) is 30.5. The van der Waals surface area contributed by atoms with Gasteiger partial charge in [0.25, 0.3) is 0 Å². The Bertz CT molecular complexity index is 1990. The number of thiol groups is 1. The molecule has 0 unspecified atom stereocenters. The van der Waals surface area contributed by atoms with Crippen molar-refractivity contribution in [2.45, 2.75) is 73.4 Å². The summed E-state index contributed by atoms with van der Waals surface area (Å²) in [5.74, 6) is 0.162. The Morgan fingerprint density at radius 3 is 2.21 bits per heavy atom. The van der Waals surface area contributed by atoms with Crippen molar-refractivity contribution in [3.63, 3.8) is 0 Å². The summed E-state index contributed by atoms with van der Waals surface area (Å²) >= 11 is 3.37. The van der Waals surface area contributed by atoms with Crippen molar-refractivity contribution < 1.29 is 24.3 Å². The molecular weight excluding hydrogens is 611 g/mol. The molecule has 2 N–H and O–H groups in total. The molecule has 47 heavy (non-hydrogen) atoms. The van der Waals surface area contributed by atoms with Gasteiger partial charge in [-0.15, -0.1) is 0 Å². The van der Waals surface area contributed by atoms with Crippen molar-refractivity contribution in [1.82, 2.24) is 9.46 Å². The number of carboxylic acid groups (broad SMARTS) is 1. The average Bonchev–Trinajstić information content (AvgIpc) is 2.98. The predicted octanol–water partition coefficient (Wildman–Crippen LogP) is 6.37. The van der Waals surface area contributed by atoms with E-state index in [1.54, 1.807) is 12.1 Å². The number of anilines is 1. The summed E-state index contributed by atoms with van der Waals surface area (Å²) in [6.45, 7) is 20.6. The van der Waals surface area contributed by atoms with Gasteiger partial charge in [0.2, 0.25) is 5.36 Å². The molecule has 6 rings (SSSR count). The van der Waals surface area contributed by atoms with Crippen LogP contribution >= 0.6 is 12.8 Å². The maximum Gasteiger partial charge on any atom is 0.336 e. The molecule has 0 radical (unpaired) electrons. The molecule has 3 aliphatic heterocycles. The van der Waals surface area contributed by atoms with Gasteiger partial charge in [-0.2, -0.15) is 0 Å². The van der Waals surface area contributed by atoms with Crippen LogP contribution in [0.2, 0.25) is 0 Å². The highest BCUT2D eigenvalue weighted by atomic mass is 32.1. The third-order valence-corrected chi connectivity index (χ3v) is 9.26. The van der Waals surface area contributed by atoms with E-state index in [0.29, 0.717) is 5.56 Å². The Morgan fingerprint density at radius 2 is 1.62 bits per heavy atom. The van der Waals surface area contributed by atoms with Crippen LogP contribution in [0.5, 0.6) is 11.5 Å². The summed E-state index contributed by atoms with van der Waals surface area (Å²) < 4.78 is 9.20. The molecule has 0 saturated heterocycles. The minimum atomic E-state index is -0.941. The van der Waals surface area contributed by atoms with Gasteiger partial charge < -0.3 is 19.6 Å². The number of aromatic carboxylic acids is 1. The van der Waals surface area contributed by atoms with Crippen molar-refractivity contribution in [3.05, 3.63) is 99.1 Å². The molecule has 8 nitrogen and oxygen atoms in total. The fourth-order valence-electron chi connectivity index (χ4n) is 7.43. The Hall–Kier alpha value is -4.34. The van der Waals surface area contributed by atoms with E-state index in [0.717, 1.165) is 63.1 Å². The minimum absolute atomic E-state index is 0.134. The molecule has 0 aliphatic carbocycles. The van der Waals surface area contributed by atoms with Crippen LogP contribution in [0, 0.1) is 0 Å². The SMILES string of the molecule is CC(=O)ONS.CCN1c2cc3c(cc2C(C)=CC1(C)C)C(c1ccccc1C(=O)O)=c1cc2c(cc1O3)=[N+](CC)C(C)(C)C=C2C. The largest absolute Gasteiger partial charge is 0.478 e. The van der Waals surface area contributed by atoms with Gasteiger partial charge in [-0.25, -0.2) is 9.37 Å². The third kappa shape index (κ3) is 6.10. The van der Waals surface area contributed by atoms with Gasteiger partial charge in [0.05, 0.1) is 17.2 Å². The number of nitrogens with one attached hydrogen (secondary N) is 1. The lowest BCUT2D eigenvalue weighted by atomic mass is 9.83. The number of carbonyl (C=O) groups is 2. The molecule has 0 atom stereocenters. The number of hydrogen-bond acceptors (Lipinski definition) is 7. The van der Waals surface area contributed by atoms with Crippen LogP contribution in [0.1, 0.15) is 94.9 Å². The lowest BCUT2D eigenvalue weighted by molar-refractivity contribution is -0.143. The molecule has 9 heteroatoms. The fraction of sp³-hybridized carbons (Fsp3) is 0.342. The quantitative estimate of drug-likeness (QED) is 0.131. The molecule has 0 bridgehead atoms. The number of ether oxygens (including phenoxy) is 1.